The largest absolute Gasteiger partial charge is 0.488 e. The highest BCUT2D eigenvalue weighted by atomic mass is 35.5. The molecule has 0 aliphatic carbocycles. The summed E-state index contributed by atoms with van der Waals surface area (Å²) in [4.78, 5) is 2.93. The second-order valence-corrected chi connectivity index (χ2v) is 5.52. The molecule has 3 N–H and O–H groups in total. The van der Waals surface area contributed by atoms with Gasteiger partial charge >= 0.3 is 0 Å². The zero-order chi connectivity index (χ0) is 15.9. The Labute approximate surface area is 141 Å². The van der Waals surface area contributed by atoms with Crippen molar-refractivity contribution in [3.05, 3.63) is 45.7 Å². The van der Waals surface area contributed by atoms with E-state index in [-0.39, 0.29) is 36.4 Å². The average Bonchev–Trinajstić information content (AvgIpc) is 2.86. The number of ether oxygens (including phenoxy) is 1. The smallest absolute Gasteiger partial charge is 0.203 e. The molecule has 1 aliphatic rings. The van der Waals surface area contributed by atoms with Crippen LogP contribution < -0.4 is 10.5 Å². The van der Waals surface area contributed by atoms with Crippen LogP contribution in [-0.4, -0.2) is 22.7 Å². The Bertz CT molecular complexity index is 777. The van der Waals surface area contributed by atoms with E-state index < -0.39 is 17.5 Å². The number of nitrogens with zero attached hydrogens (tertiary/aromatic N) is 1. The first kappa shape index (κ1) is 17.8. The summed E-state index contributed by atoms with van der Waals surface area (Å²) in [6, 6.07) is 0.746. The van der Waals surface area contributed by atoms with Crippen molar-refractivity contribution < 1.29 is 17.9 Å². The number of aromatic nitrogens is 2. The third-order valence-corrected chi connectivity index (χ3v) is 4.04. The van der Waals surface area contributed by atoms with Gasteiger partial charge in [0.25, 0.3) is 0 Å². The lowest BCUT2D eigenvalue weighted by atomic mass is 10.0. The molecule has 1 aromatic heterocycles. The summed E-state index contributed by atoms with van der Waals surface area (Å²) in [5.74, 6) is -4.24. The maximum atomic E-state index is 13.7. The van der Waals surface area contributed by atoms with Crippen LogP contribution in [0.4, 0.5) is 13.2 Å². The zero-order valence-electron chi connectivity index (χ0n) is 11.9. The van der Waals surface area contributed by atoms with Gasteiger partial charge in [-0.05, 0) is 24.8 Å². The summed E-state index contributed by atoms with van der Waals surface area (Å²) in [6.45, 7) is 0.573. The van der Waals surface area contributed by atoms with Gasteiger partial charge in [-0.2, -0.15) is 4.39 Å². The average molecular weight is 366 g/mol. The summed E-state index contributed by atoms with van der Waals surface area (Å²) < 4.78 is 48.0. The molecule has 2 aromatic rings. The van der Waals surface area contributed by atoms with E-state index >= 15 is 0 Å². The quantitative estimate of drug-likeness (QED) is 0.649. The number of hydrogen-bond acceptors (Lipinski definition) is 3. The van der Waals surface area contributed by atoms with Crippen molar-refractivity contribution in [3.8, 4) is 5.75 Å². The highest BCUT2D eigenvalue weighted by Crippen LogP contribution is 2.35. The SMILES string of the molecule is Cl.NCCc1c[nH]c(=S)n1C1COc2c(cc(F)c(F)c2F)C1. The Balaban J connectivity index is 0.00000192. The van der Waals surface area contributed by atoms with Crippen molar-refractivity contribution in [1.29, 1.82) is 0 Å². The van der Waals surface area contributed by atoms with Gasteiger partial charge in [-0.25, -0.2) is 8.78 Å². The highest BCUT2D eigenvalue weighted by Gasteiger charge is 2.29. The minimum Gasteiger partial charge on any atom is -0.488 e. The lowest BCUT2D eigenvalue weighted by molar-refractivity contribution is 0.206. The monoisotopic (exact) mass is 365 g/mol. The second kappa shape index (κ2) is 6.94. The normalized spacial score (nSPS) is 16.4. The number of imidazole rings is 1. The summed E-state index contributed by atoms with van der Waals surface area (Å²) in [6.07, 6.45) is 2.67. The Kier molecular flexibility index (Phi) is 5.38. The molecule has 1 atom stereocenters. The standard InChI is InChI=1S/C14H14F3N3OS.ClH/c15-10-4-7-3-9(6-21-13(7)12(17)11(10)16)20-8(1-2-18)5-19-14(20)22;/h4-5,9H,1-3,6,18H2,(H,19,22);1H. The van der Waals surface area contributed by atoms with Gasteiger partial charge in [-0.3, -0.25) is 0 Å². The number of benzene rings is 1. The van der Waals surface area contributed by atoms with E-state index in [9.17, 15) is 13.2 Å². The Morgan fingerprint density at radius 2 is 2.09 bits per heavy atom. The number of H-pyrrole nitrogens is 1. The lowest BCUT2D eigenvalue weighted by Gasteiger charge is -2.28. The second-order valence-electron chi connectivity index (χ2n) is 5.14. The van der Waals surface area contributed by atoms with E-state index in [2.05, 4.69) is 4.98 Å². The molecule has 9 heteroatoms. The van der Waals surface area contributed by atoms with Crippen LogP contribution in [0.1, 0.15) is 17.3 Å². The van der Waals surface area contributed by atoms with E-state index in [1.54, 1.807) is 6.20 Å². The van der Waals surface area contributed by atoms with Crippen molar-refractivity contribution >= 4 is 24.6 Å². The number of aromatic amines is 1. The number of halogens is 4. The Hall–Kier alpha value is -1.51. The first-order chi connectivity index (χ1) is 10.5. The molecule has 1 aromatic carbocycles. The van der Waals surface area contributed by atoms with Crippen molar-refractivity contribution in [2.45, 2.75) is 18.9 Å². The van der Waals surface area contributed by atoms with E-state index in [0.29, 0.717) is 24.2 Å². The van der Waals surface area contributed by atoms with Crippen molar-refractivity contribution in [1.82, 2.24) is 9.55 Å². The van der Waals surface area contributed by atoms with Crippen molar-refractivity contribution in [2.24, 2.45) is 5.73 Å². The van der Waals surface area contributed by atoms with Crippen LogP contribution in [0.25, 0.3) is 0 Å². The minimum atomic E-state index is -1.51. The van der Waals surface area contributed by atoms with Gasteiger partial charge in [-0.15, -0.1) is 12.4 Å². The number of nitrogens with two attached hydrogens (primary N) is 1. The molecule has 4 nitrogen and oxygen atoms in total. The number of nitrogens with one attached hydrogen (secondary N) is 1. The molecule has 0 bridgehead atoms. The molecule has 0 spiro atoms. The molecule has 0 fully saturated rings. The Morgan fingerprint density at radius 1 is 1.35 bits per heavy atom. The van der Waals surface area contributed by atoms with E-state index in [1.807, 2.05) is 4.57 Å². The van der Waals surface area contributed by atoms with Gasteiger partial charge in [-0.1, -0.05) is 0 Å². The minimum absolute atomic E-state index is 0. The molecule has 0 saturated heterocycles. The maximum Gasteiger partial charge on any atom is 0.203 e. The molecule has 0 saturated carbocycles. The lowest BCUT2D eigenvalue weighted by Crippen LogP contribution is -2.27. The molecule has 23 heavy (non-hydrogen) atoms. The van der Waals surface area contributed by atoms with Gasteiger partial charge < -0.3 is 20.0 Å². The third-order valence-electron chi connectivity index (χ3n) is 3.73. The van der Waals surface area contributed by atoms with E-state index in [1.165, 1.54) is 0 Å². The molecule has 0 amide bonds. The molecule has 2 heterocycles. The Morgan fingerprint density at radius 3 is 2.78 bits per heavy atom. The van der Waals surface area contributed by atoms with Gasteiger partial charge in [0.15, 0.2) is 22.2 Å². The first-order valence-corrected chi connectivity index (χ1v) is 7.21. The summed E-state index contributed by atoms with van der Waals surface area (Å²) >= 11 is 5.24. The molecule has 1 unspecified atom stereocenters. The van der Waals surface area contributed by atoms with Crippen LogP contribution in [0.15, 0.2) is 12.3 Å². The van der Waals surface area contributed by atoms with Crippen molar-refractivity contribution in [3.63, 3.8) is 0 Å². The van der Waals surface area contributed by atoms with Crippen LogP contribution >= 0.6 is 24.6 Å². The zero-order valence-corrected chi connectivity index (χ0v) is 13.6. The molecule has 0 radical (unpaired) electrons. The summed E-state index contributed by atoms with van der Waals surface area (Å²) in [5.41, 5.74) is 6.75. The summed E-state index contributed by atoms with van der Waals surface area (Å²) in [7, 11) is 0. The van der Waals surface area contributed by atoms with Gasteiger partial charge in [0.05, 0.1) is 6.04 Å². The maximum absolute atomic E-state index is 13.7. The fourth-order valence-electron chi connectivity index (χ4n) is 2.75. The number of hydrogen-bond donors (Lipinski definition) is 2. The van der Waals surface area contributed by atoms with E-state index in [4.69, 9.17) is 22.7 Å². The number of rotatable bonds is 3. The molecule has 126 valence electrons. The first-order valence-electron chi connectivity index (χ1n) is 6.81. The van der Waals surface area contributed by atoms with Gasteiger partial charge in [0.2, 0.25) is 5.82 Å². The highest BCUT2D eigenvalue weighted by molar-refractivity contribution is 7.71. The fraction of sp³-hybridized carbons (Fsp3) is 0.357. The van der Waals surface area contributed by atoms with Gasteiger partial charge in [0, 0.05) is 30.3 Å². The molecule has 1 aliphatic heterocycles. The van der Waals surface area contributed by atoms with Gasteiger partial charge in [0.1, 0.15) is 6.61 Å². The van der Waals surface area contributed by atoms with Crippen LogP contribution in [0.5, 0.6) is 5.75 Å². The van der Waals surface area contributed by atoms with Crippen LogP contribution in [0.3, 0.4) is 0 Å². The molecular weight excluding hydrogens is 351 g/mol. The predicted octanol–water partition coefficient (Wildman–Crippen LogP) is 3.06. The van der Waals surface area contributed by atoms with Crippen LogP contribution in [0.2, 0.25) is 0 Å². The topological polar surface area (TPSA) is 56.0 Å². The third kappa shape index (κ3) is 3.11. The molecular formula is C14H15ClF3N3OS. The van der Waals surface area contributed by atoms with Crippen LogP contribution in [-0.2, 0) is 12.8 Å². The van der Waals surface area contributed by atoms with E-state index in [0.717, 1.165) is 11.8 Å². The van der Waals surface area contributed by atoms with Crippen LogP contribution in [0, 0.1) is 22.2 Å². The fourth-order valence-corrected chi connectivity index (χ4v) is 3.07. The number of fused-ring (bicyclic) bond motifs is 1. The predicted molar refractivity (Wildman–Crippen MR) is 84.2 cm³/mol. The molecule has 3 rings (SSSR count). The summed E-state index contributed by atoms with van der Waals surface area (Å²) in [5, 5.41) is 0. The van der Waals surface area contributed by atoms with Crippen molar-refractivity contribution in [2.75, 3.05) is 13.2 Å².